The van der Waals surface area contributed by atoms with Crippen LogP contribution in [0.3, 0.4) is 0 Å². The molecule has 0 spiro atoms. The number of aromatic nitrogens is 1. The molecule has 28 heavy (non-hydrogen) atoms. The summed E-state index contributed by atoms with van der Waals surface area (Å²) in [5.74, 6) is -5.58. The van der Waals surface area contributed by atoms with Crippen molar-refractivity contribution in [1.82, 2.24) is 9.88 Å². The van der Waals surface area contributed by atoms with Crippen molar-refractivity contribution in [1.29, 1.82) is 0 Å². The third-order valence-electron chi connectivity index (χ3n) is 6.18. The lowest BCUT2D eigenvalue weighted by Gasteiger charge is -2.50. The van der Waals surface area contributed by atoms with Gasteiger partial charge in [0.05, 0.1) is 6.04 Å². The number of nitrogens with one attached hydrogen (secondary N) is 1. The van der Waals surface area contributed by atoms with Gasteiger partial charge in [0.15, 0.2) is 11.4 Å². The largest absolute Gasteiger partial charge is 0.508 e. The van der Waals surface area contributed by atoms with Crippen molar-refractivity contribution in [3.63, 3.8) is 0 Å². The van der Waals surface area contributed by atoms with Crippen LogP contribution in [0.4, 0.5) is 0 Å². The Bertz CT molecular complexity index is 988. The Balaban J connectivity index is 1.96. The minimum Gasteiger partial charge on any atom is -0.508 e. The Morgan fingerprint density at radius 3 is 2.57 bits per heavy atom. The molecule has 1 heterocycles. The molecule has 1 fully saturated rings. The highest BCUT2D eigenvalue weighted by Crippen LogP contribution is 2.51. The fraction of sp³-hybridized carbons (Fsp3) is 0.421. The first-order valence-electron chi connectivity index (χ1n) is 8.91. The fourth-order valence-corrected chi connectivity index (χ4v) is 4.95. The monoisotopic (exact) mass is 387 g/mol. The number of H-pyrrole nitrogens is 1. The topological polar surface area (TPSA) is 157 Å². The number of aliphatic hydroxyl groups is 3. The molecule has 0 bridgehead atoms. The van der Waals surface area contributed by atoms with Crippen LogP contribution in [0.15, 0.2) is 29.3 Å². The Morgan fingerprint density at radius 1 is 1.29 bits per heavy atom. The number of hydrogen-bond acceptors (Lipinski definition) is 7. The average Bonchev–Trinajstić information content (AvgIpc) is 3.06. The van der Waals surface area contributed by atoms with Gasteiger partial charge in [-0.3, -0.25) is 19.3 Å². The normalized spacial score (nSPS) is 32.4. The van der Waals surface area contributed by atoms with Gasteiger partial charge in [0.1, 0.15) is 17.1 Å². The number of nitrogens with two attached hydrogens (primary N) is 1. The van der Waals surface area contributed by atoms with Gasteiger partial charge in [-0.15, -0.1) is 0 Å². The average molecular weight is 387 g/mol. The van der Waals surface area contributed by atoms with E-state index < -0.39 is 52.3 Å². The predicted molar refractivity (Wildman–Crippen MR) is 96.9 cm³/mol. The molecule has 4 rings (SSSR count). The van der Waals surface area contributed by atoms with Gasteiger partial charge >= 0.3 is 0 Å². The van der Waals surface area contributed by atoms with Crippen LogP contribution in [-0.2, 0) is 20.8 Å². The number of carbonyl (C=O) groups excluding carboxylic acids is 3. The molecule has 9 heteroatoms. The van der Waals surface area contributed by atoms with Crippen molar-refractivity contribution < 1.29 is 29.7 Å². The minimum atomic E-state index is -2.51. The molecule has 0 aliphatic heterocycles. The van der Waals surface area contributed by atoms with Gasteiger partial charge in [0.2, 0.25) is 5.78 Å². The predicted octanol–water partition coefficient (Wildman–Crippen LogP) is -0.413. The van der Waals surface area contributed by atoms with Crippen LogP contribution >= 0.6 is 0 Å². The highest BCUT2D eigenvalue weighted by atomic mass is 16.3. The summed E-state index contributed by atoms with van der Waals surface area (Å²) < 4.78 is 0. The number of fused-ring (bicyclic) bond motifs is 3. The number of Topliss-reactive ketones (excluding diaryl/α,β-unsaturated/α-hetero) is 2. The SMILES string of the molecule is CN(C)[C@@H]1C(=O)C(C(N)=O)=C(O)[C@@]2(O)C(=O)C3=C(O)c4c[nH]cc4C[C@H]3C[C@@H]12. The molecular weight excluding hydrogens is 366 g/mol. The molecule has 0 saturated heterocycles. The molecule has 1 saturated carbocycles. The molecule has 1 amide bonds. The summed E-state index contributed by atoms with van der Waals surface area (Å²) in [7, 11) is 3.17. The number of aromatic amines is 1. The van der Waals surface area contributed by atoms with E-state index in [2.05, 4.69) is 4.98 Å². The molecule has 6 N–H and O–H groups in total. The zero-order chi connectivity index (χ0) is 20.5. The van der Waals surface area contributed by atoms with Crippen LogP contribution in [0.1, 0.15) is 17.5 Å². The van der Waals surface area contributed by atoms with Crippen molar-refractivity contribution in [2.45, 2.75) is 24.5 Å². The highest BCUT2D eigenvalue weighted by Gasteiger charge is 2.64. The summed E-state index contributed by atoms with van der Waals surface area (Å²) in [6.45, 7) is 0. The third-order valence-corrected chi connectivity index (χ3v) is 6.18. The van der Waals surface area contributed by atoms with E-state index in [1.807, 2.05) is 0 Å². The molecular formula is C19H21N3O6. The van der Waals surface area contributed by atoms with E-state index in [9.17, 15) is 29.7 Å². The second-order valence-electron chi connectivity index (χ2n) is 7.86. The van der Waals surface area contributed by atoms with Crippen molar-refractivity contribution in [2.75, 3.05) is 14.1 Å². The first-order chi connectivity index (χ1) is 13.1. The summed E-state index contributed by atoms with van der Waals surface area (Å²) in [4.78, 5) is 42.4. The lowest BCUT2D eigenvalue weighted by atomic mass is 9.57. The minimum absolute atomic E-state index is 0.00641. The van der Waals surface area contributed by atoms with Crippen LogP contribution in [0.2, 0.25) is 0 Å². The van der Waals surface area contributed by atoms with E-state index in [-0.39, 0.29) is 17.8 Å². The van der Waals surface area contributed by atoms with Crippen LogP contribution in [0, 0.1) is 11.8 Å². The van der Waals surface area contributed by atoms with Gasteiger partial charge in [-0.1, -0.05) is 0 Å². The van der Waals surface area contributed by atoms with E-state index in [1.54, 1.807) is 26.5 Å². The molecule has 1 aromatic heterocycles. The quantitative estimate of drug-likeness (QED) is 0.432. The maximum atomic E-state index is 13.4. The summed E-state index contributed by atoms with van der Waals surface area (Å²) in [6, 6.07) is -1.02. The molecule has 0 aromatic carbocycles. The van der Waals surface area contributed by atoms with E-state index >= 15 is 0 Å². The molecule has 0 radical (unpaired) electrons. The third kappa shape index (κ3) is 2.11. The zero-order valence-electron chi connectivity index (χ0n) is 15.4. The van der Waals surface area contributed by atoms with Crippen molar-refractivity contribution >= 4 is 23.2 Å². The molecule has 9 nitrogen and oxygen atoms in total. The van der Waals surface area contributed by atoms with Gasteiger partial charge in [-0.25, -0.2) is 0 Å². The standard InChI is InChI=1S/C19H21N3O6/c1-22(2)13-10-4-7-3-8-5-21-6-9(8)14(23)11(7)16(25)19(10,28)17(26)12(15(13)24)18(20)27/h5-7,10,13,21,23,26,28H,3-4H2,1-2H3,(H2,20,27)/t7-,10-,13-,19-/m0/s1. The number of aliphatic hydroxyl groups excluding tert-OH is 2. The van der Waals surface area contributed by atoms with E-state index in [1.165, 1.54) is 4.90 Å². The van der Waals surface area contributed by atoms with Gasteiger partial charge < -0.3 is 26.0 Å². The van der Waals surface area contributed by atoms with Gasteiger partial charge in [0.25, 0.3) is 5.91 Å². The molecule has 0 unspecified atom stereocenters. The number of rotatable bonds is 2. The Labute approximate surface area is 160 Å². The Kier molecular flexibility index (Phi) is 3.82. The van der Waals surface area contributed by atoms with Gasteiger partial charge in [-0.2, -0.15) is 0 Å². The van der Waals surface area contributed by atoms with Gasteiger partial charge in [-0.05, 0) is 38.4 Å². The Hall–Kier alpha value is -2.91. The lowest BCUT2D eigenvalue weighted by Crippen LogP contribution is -2.65. The molecule has 3 aliphatic rings. The van der Waals surface area contributed by atoms with Crippen LogP contribution in [0.5, 0.6) is 0 Å². The number of carbonyl (C=O) groups is 3. The number of hydrogen-bond donors (Lipinski definition) is 5. The summed E-state index contributed by atoms with van der Waals surface area (Å²) >= 11 is 0. The van der Waals surface area contributed by atoms with Crippen molar-refractivity contribution in [2.24, 2.45) is 17.6 Å². The first-order valence-corrected chi connectivity index (χ1v) is 8.91. The fourth-order valence-electron chi connectivity index (χ4n) is 4.95. The van der Waals surface area contributed by atoms with E-state index in [0.29, 0.717) is 12.0 Å². The highest BCUT2D eigenvalue weighted by molar-refractivity contribution is 6.24. The molecule has 4 atom stereocenters. The molecule has 3 aliphatic carbocycles. The van der Waals surface area contributed by atoms with Gasteiger partial charge in [0, 0.05) is 29.4 Å². The van der Waals surface area contributed by atoms with Crippen LogP contribution in [0.25, 0.3) is 5.76 Å². The number of primary amides is 1. The van der Waals surface area contributed by atoms with E-state index in [0.717, 1.165) is 5.56 Å². The second kappa shape index (κ2) is 5.79. The Morgan fingerprint density at radius 2 is 1.96 bits per heavy atom. The number of likely N-dealkylation sites (N-methyl/N-ethyl adjacent to an activating group) is 1. The first kappa shape index (κ1) is 18.5. The number of ketones is 2. The summed E-state index contributed by atoms with van der Waals surface area (Å²) in [6.07, 6.45) is 3.88. The molecule has 148 valence electrons. The smallest absolute Gasteiger partial charge is 0.255 e. The molecule has 1 aromatic rings. The lowest BCUT2D eigenvalue weighted by molar-refractivity contribution is -0.153. The number of nitrogens with zero attached hydrogens (tertiary/aromatic N) is 1. The number of amides is 1. The van der Waals surface area contributed by atoms with Crippen LogP contribution in [-0.4, -0.2) is 68.4 Å². The summed E-state index contributed by atoms with van der Waals surface area (Å²) in [5.41, 5.74) is 3.25. The maximum Gasteiger partial charge on any atom is 0.255 e. The second-order valence-corrected chi connectivity index (χ2v) is 7.86. The van der Waals surface area contributed by atoms with E-state index in [4.69, 9.17) is 5.73 Å². The summed E-state index contributed by atoms with van der Waals surface area (Å²) in [5, 5.41) is 32.6. The maximum absolute atomic E-state index is 13.4. The van der Waals surface area contributed by atoms with Crippen molar-refractivity contribution in [3.8, 4) is 0 Å². The zero-order valence-corrected chi connectivity index (χ0v) is 15.4. The van der Waals surface area contributed by atoms with Crippen LogP contribution < -0.4 is 5.73 Å². The van der Waals surface area contributed by atoms with Crippen molar-refractivity contribution in [3.05, 3.63) is 40.4 Å².